The second kappa shape index (κ2) is 9.80. The zero-order valence-corrected chi connectivity index (χ0v) is 22.4. The van der Waals surface area contributed by atoms with Crippen LogP contribution in [0.4, 0.5) is 0 Å². The fraction of sp³-hybridized carbons (Fsp3) is 0.207. The molecule has 2 aliphatic rings. The number of phenols is 1. The molecule has 0 spiro atoms. The van der Waals surface area contributed by atoms with Crippen molar-refractivity contribution in [3.8, 4) is 11.4 Å². The largest absolute Gasteiger partial charge is 0.508 e. The Bertz CT molecular complexity index is 1700. The lowest BCUT2D eigenvalue weighted by atomic mass is 9.95. The number of nitrogens with zero attached hydrogens (tertiary/aromatic N) is 6. The minimum atomic E-state index is -0.847. The van der Waals surface area contributed by atoms with Gasteiger partial charge in [-0.15, -0.1) is 16.7 Å². The monoisotopic (exact) mass is 556 g/mol. The quantitative estimate of drug-likeness (QED) is 0.298. The minimum Gasteiger partial charge on any atom is -0.508 e. The molecule has 6 rings (SSSR count). The number of carbonyl (C=O) groups excluding carboxylic acids is 2. The number of rotatable bonds is 5. The van der Waals surface area contributed by atoms with E-state index in [1.807, 2.05) is 42.5 Å². The minimum absolute atomic E-state index is 0.0878. The molecule has 2 aliphatic heterocycles. The van der Waals surface area contributed by atoms with E-state index in [1.165, 1.54) is 38.4 Å². The molecule has 3 atom stereocenters. The number of carbonyl (C=O) groups is 2. The number of amides is 2. The second-order valence-electron chi connectivity index (χ2n) is 9.76. The number of halogens is 1. The third kappa shape index (κ3) is 4.17. The van der Waals surface area contributed by atoms with Crippen LogP contribution in [0.5, 0.6) is 5.75 Å². The second-order valence-corrected chi connectivity index (χ2v) is 10.2. The van der Waals surface area contributed by atoms with Gasteiger partial charge in [-0.25, -0.2) is 14.8 Å². The first-order valence-electron chi connectivity index (χ1n) is 12.7. The summed E-state index contributed by atoms with van der Waals surface area (Å²) in [6, 6.07) is 22.5. The zero-order chi connectivity index (χ0) is 28.1. The van der Waals surface area contributed by atoms with Crippen LogP contribution in [-0.2, 0) is 9.59 Å². The predicted octanol–water partition coefficient (Wildman–Crippen LogP) is 3.57. The number of aryl methyl sites for hydroxylation is 1. The average Bonchev–Trinajstić information content (AvgIpc) is 3.54. The van der Waals surface area contributed by atoms with Crippen molar-refractivity contribution in [3.05, 3.63) is 112 Å². The first-order valence-corrected chi connectivity index (χ1v) is 13.2. The molecule has 11 heteroatoms. The van der Waals surface area contributed by atoms with Crippen LogP contribution in [0.3, 0.4) is 0 Å². The van der Waals surface area contributed by atoms with Crippen molar-refractivity contribution >= 4 is 29.1 Å². The average molecular weight is 557 g/mol. The molecule has 10 nitrogen and oxygen atoms in total. The van der Waals surface area contributed by atoms with Crippen LogP contribution in [0.25, 0.3) is 5.69 Å². The Morgan fingerprint density at radius 3 is 2.27 bits per heavy atom. The van der Waals surface area contributed by atoms with Gasteiger partial charge >= 0.3 is 5.69 Å². The summed E-state index contributed by atoms with van der Waals surface area (Å²) in [6.45, 7) is 3.14. The molecule has 1 fully saturated rings. The summed E-state index contributed by atoms with van der Waals surface area (Å²) in [6.07, 6.45) is 0.561. The van der Waals surface area contributed by atoms with Crippen molar-refractivity contribution in [1.82, 2.24) is 19.5 Å². The molecular weight excluding hydrogens is 532 g/mol. The van der Waals surface area contributed by atoms with Crippen molar-refractivity contribution in [3.63, 3.8) is 0 Å². The summed E-state index contributed by atoms with van der Waals surface area (Å²) in [5.74, 6) is -0.150. The highest BCUT2D eigenvalue weighted by atomic mass is 35.5. The maximum Gasteiger partial charge on any atom is 0.370 e. The maximum absolute atomic E-state index is 13.5. The normalized spacial score (nSPS) is 20.4. The lowest BCUT2D eigenvalue weighted by Gasteiger charge is -2.43. The molecule has 1 saturated heterocycles. The first-order chi connectivity index (χ1) is 19.2. The number of aromatic nitrogens is 3. The molecule has 202 valence electrons. The van der Waals surface area contributed by atoms with E-state index < -0.39 is 23.0 Å². The standard InChI is InChI=1S/C29H25ClN6O4/c1-17-31-34(29(40)35(17)36-27(26(30)28(36)39)21-10-14-23(38)15-11-21)22-12-8-19(9-13-22)24-16-25(33(32-24)18(2)37)20-6-4-3-5-7-20/h3-15,25-27,38H,16H2,1-2H3. The van der Waals surface area contributed by atoms with Crippen LogP contribution in [0.1, 0.15) is 47.9 Å². The first kappa shape index (κ1) is 25.6. The summed E-state index contributed by atoms with van der Waals surface area (Å²) >= 11 is 6.34. The smallest absolute Gasteiger partial charge is 0.370 e. The Labute approximate surface area is 234 Å². The number of hydrazone groups is 1. The van der Waals surface area contributed by atoms with Gasteiger partial charge in [0, 0.05) is 13.3 Å². The molecule has 3 aromatic carbocycles. The van der Waals surface area contributed by atoms with Gasteiger partial charge in [-0.05, 0) is 47.9 Å². The van der Waals surface area contributed by atoms with Crippen LogP contribution < -0.4 is 10.7 Å². The Hall–Kier alpha value is -4.70. The van der Waals surface area contributed by atoms with Crippen molar-refractivity contribution in [2.75, 3.05) is 5.01 Å². The van der Waals surface area contributed by atoms with Crippen molar-refractivity contribution in [2.24, 2.45) is 5.10 Å². The summed E-state index contributed by atoms with van der Waals surface area (Å²) < 4.78 is 2.45. The molecule has 0 radical (unpaired) electrons. The third-order valence-electron chi connectivity index (χ3n) is 7.23. The fourth-order valence-electron chi connectivity index (χ4n) is 5.22. The molecule has 0 aliphatic carbocycles. The van der Waals surface area contributed by atoms with Crippen molar-refractivity contribution in [2.45, 2.75) is 37.7 Å². The van der Waals surface area contributed by atoms with Gasteiger partial charge in [-0.1, -0.05) is 54.6 Å². The van der Waals surface area contributed by atoms with Crippen LogP contribution in [0.15, 0.2) is 88.8 Å². The van der Waals surface area contributed by atoms with Crippen LogP contribution in [0.2, 0.25) is 0 Å². The third-order valence-corrected chi connectivity index (χ3v) is 7.65. The summed E-state index contributed by atoms with van der Waals surface area (Å²) in [5, 5.41) is 20.6. The number of benzene rings is 3. The van der Waals surface area contributed by atoms with Crippen LogP contribution in [0, 0.1) is 6.92 Å². The van der Waals surface area contributed by atoms with Gasteiger partial charge in [0.05, 0.1) is 17.4 Å². The molecule has 3 heterocycles. The number of β-lactam (4-membered cyclic amide) rings is 1. The highest BCUT2D eigenvalue weighted by molar-refractivity contribution is 6.36. The van der Waals surface area contributed by atoms with Gasteiger partial charge in [-0.3, -0.25) is 9.59 Å². The maximum atomic E-state index is 13.5. The molecule has 2 amide bonds. The van der Waals surface area contributed by atoms with E-state index in [9.17, 15) is 19.5 Å². The molecule has 1 N–H and O–H groups in total. The van der Waals surface area contributed by atoms with E-state index in [2.05, 4.69) is 10.2 Å². The summed E-state index contributed by atoms with van der Waals surface area (Å²) in [7, 11) is 0. The van der Waals surface area contributed by atoms with E-state index in [-0.39, 0.29) is 17.7 Å². The molecule has 40 heavy (non-hydrogen) atoms. The van der Waals surface area contributed by atoms with Gasteiger partial charge in [0.15, 0.2) is 5.82 Å². The predicted molar refractivity (Wildman–Crippen MR) is 149 cm³/mol. The SMILES string of the molecule is CC(=O)N1N=C(c2ccc(-n3nc(C)n(N4C(=O)C(Cl)C4c4ccc(O)cc4)c3=O)cc2)CC1c1ccccc1. The number of alkyl halides is 1. The van der Waals surface area contributed by atoms with E-state index in [0.717, 1.165) is 16.8 Å². The lowest BCUT2D eigenvalue weighted by Crippen LogP contribution is -2.64. The molecule has 1 aromatic heterocycles. The Morgan fingerprint density at radius 2 is 1.62 bits per heavy atom. The van der Waals surface area contributed by atoms with Crippen molar-refractivity contribution in [1.29, 1.82) is 0 Å². The summed E-state index contributed by atoms with van der Waals surface area (Å²) in [4.78, 5) is 38.5. The van der Waals surface area contributed by atoms with E-state index in [1.54, 1.807) is 31.2 Å². The summed E-state index contributed by atoms with van der Waals surface area (Å²) in [5.41, 5.74) is 3.27. The van der Waals surface area contributed by atoms with E-state index in [0.29, 0.717) is 23.5 Å². The van der Waals surface area contributed by atoms with Gasteiger partial charge in [-0.2, -0.15) is 14.5 Å². The van der Waals surface area contributed by atoms with Crippen LogP contribution >= 0.6 is 11.6 Å². The topological polar surface area (TPSA) is 113 Å². The Balaban J connectivity index is 1.28. The molecule has 3 unspecified atom stereocenters. The Kier molecular flexibility index (Phi) is 6.26. The zero-order valence-electron chi connectivity index (χ0n) is 21.7. The molecular formula is C29H25ClN6O4. The Morgan fingerprint density at radius 1 is 0.950 bits per heavy atom. The van der Waals surface area contributed by atoms with Gasteiger partial charge < -0.3 is 5.11 Å². The fourth-order valence-corrected chi connectivity index (χ4v) is 5.58. The van der Waals surface area contributed by atoms with Crippen LogP contribution in [-0.4, -0.2) is 47.5 Å². The van der Waals surface area contributed by atoms with Crippen molar-refractivity contribution < 1.29 is 14.7 Å². The van der Waals surface area contributed by atoms with Gasteiger partial charge in [0.1, 0.15) is 17.2 Å². The highest BCUT2D eigenvalue weighted by Gasteiger charge is 2.50. The number of hydrogen-bond acceptors (Lipinski definition) is 6. The molecule has 0 saturated carbocycles. The number of aromatic hydroxyl groups is 1. The van der Waals surface area contributed by atoms with E-state index in [4.69, 9.17) is 11.6 Å². The lowest BCUT2D eigenvalue weighted by molar-refractivity contribution is -0.130. The molecule has 4 aromatic rings. The van der Waals surface area contributed by atoms with Gasteiger partial charge in [0.2, 0.25) is 5.91 Å². The number of phenolic OH excluding ortho intramolecular Hbond substituents is 1. The highest BCUT2D eigenvalue weighted by Crippen LogP contribution is 2.37. The molecule has 0 bridgehead atoms. The number of hydrogen-bond donors (Lipinski definition) is 1. The van der Waals surface area contributed by atoms with E-state index >= 15 is 0 Å². The van der Waals surface area contributed by atoms with Gasteiger partial charge in [0.25, 0.3) is 5.91 Å².